The molecule has 7 amide bonds. The number of aromatic nitrogens is 5. The third-order valence-electron chi connectivity index (χ3n) is 15.1. The minimum atomic E-state index is -2.06. The Kier molecular flexibility index (Phi) is 23.4. The molecule has 29 heteroatoms. The van der Waals surface area contributed by atoms with Crippen LogP contribution in [0.25, 0.3) is 22.3 Å². The van der Waals surface area contributed by atoms with Crippen LogP contribution in [-0.2, 0) is 112 Å². The van der Waals surface area contributed by atoms with Crippen LogP contribution in [0, 0.1) is 18.2 Å². The summed E-state index contributed by atoms with van der Waals surface area (Å²) in [5.41, 5.74) is 2.38. The van der Waals surface area contributed by atoms with Crippen LogP contribution in [0.4, 0.5) is 4.39 Å². The van der Waals surface area contributed by atoms with Gasteiger partial charge >= 0.3 is 5.97 Å². The first-order valence-electron chi connectivity index (χ1n) is 29.7. The molecule has 5 aromatic rings. The molecule has 0 fully saturated rings. The fourth-order valence-corrected chi connectivity index (χ4v) is 10.4. The molecule has 3 atom stereocenters. The Hall–Kier alpha value is -8.61. The lowest BCUT2D eigenvalue weighted by Crippen LogP contribution is -2.52. The van der Waals surface area contributed by atoms with Crippen molar-refractivity contribution in [1.29, 1.82) is 0 Å². The average molecular weight is 1250 g/mol. The van der Waals surface area contributed by atoms with Crippen molar-refractivity contribution in [3.05, 3.63) is 109 Å². The fourth-order valence-electron chi connectivity index (χ4n) is 10.4. The highest BCUT2D eigenvalue weighted by Gasteiger charge is 2.46. The van der Waals surface area contributed by atoms with Crippen molar-refractivity contribution >= 4 is 58.2 Å². The van der Waals surface area contributed by atoms with Crippen molar-refractivity contribution in [3.63, 3.8) is 0 Å². The highest BCUT2D eigenvalue weighted by atomic mass is 19.1. The molecule has 90 heavy (non-hydrogen) atoms. The average Bonchev–Trinajstić information content (AvgIpc) is 1.46. The summed E-state index contributed by atoms with van der Waals surface area (Å²) in [5.74, 6) is -5.29. The van der Waals surface area contributed by atoms with E-state index in [4.69, 9.17) is 33.4 Å². The summed E-state index contributed by atoms with van der Waals surface area (Å²) < 4.78 is 51.0. The van der Waals surface area contributed by atoms with E-state index in [2.05, 4.69) is 47.5 Å². The first-order chi connectivity index (χ1) is 43.1. The Labute approximate surface area is 517 Å². The Morgan fingerprint density at radius 2 is 1.48 bits per heavy atom. The predicted molar refractivity (Wildman–Crippen MR) is 318 cm³/mol. The Balaban J connectivity index is 0.695. The van der Waals surface area contributed by atoms with Crippen molar-refractivity contribution < 1.29 is 76.3 Å². The van der Waals surface area contributed by atoms with Crippen molar-refractivity contribution in [1.82, 2.24) is 61.8 Å². The van der Waals surface area contributed by atoms with E-state index >= 15 is 4.39 Å². The Morgan fingerprint density at radius 3 is 2.20 bits per heavy atom. The number of cyclic esters (lactones) is 1. The monoisotopic (exact) mass is 1250 g/mol. The zero-order chi connectivity index (χ0) is 64.5. The van der Waals surface area contributed by atoms with Crippen LogP contribution in [0.15, 0.2) is 53.5 Å². The van der Waals surface area contributed by atoms with Gasteiger partial charge in [-0.2, -0.15) is 0 Å². The molecule has 0 radical (unpaired) electrons. The van der Waals surface area contributed by atoms with Gasteiger partial charge in [-0.05, 0) is 59.9 Å². The van der Waals surface area contributed by atoms with Crippen LogP contribution in [0.5, 0.6) is 0 Å². The van der Waals surface area contributed by atoms with Crippen molar-refractivity contribution in [2.24, 2.45) is 5.41 Å². The van der Waals surface area contributed by atoms with Gasteiger partial charge in [-0.1, -0.05) is 63.2 Å². The number of nitrogens with one attached hydrogen (secondary N) is 7. The van der Waals surface area contributed by atoms with Crippen LogP contribution in [-0.4, -0.2) is 169 Å². The van der Waals surface area contributed by atoms with Crippen molar-refractivity contribution in [2.75, 3.05) is 85.8 Å². The van der Waals surface area contributed by atoms with Gasteiger partial charge in [0.15, 0.2) is 5.60 Å². The molecule has 0 spiro atoms. The molecule has 5 heterocycles. The molecular formula is C61H77FN12O16. The largest absolute Gasteiger partial charge is 0.458 e. The molecule has 2 aliphatic heterocycles. The number of aryl methyl sites for hydroxylation is 1. The fraction of sp³-hybridized carbons (Fsp3) is 0.508. The molecular weight excluding hydrogens is 1180 g/mol. The molecule has 0 bridgehead atoms. The number of ether oxygens (including phenoxy) is 6. The smallest absolute Gasteiger partial charge is 0.343 e. The number of carbonyl (C=O) groups excluding carboxylic acids is 8. The highest BCUT2D eigenvalue weighted by molar-refractivity contribution is 5.95. The van der Waals surface area contributed by atoms with E-state index in [1.165, 1.54) is 15.3 Å². The van der Waals surface area contributed by atoms with Gasteiger partial charge in [0.25, 0.3) is 5.56 Å². The van der Waals surface area contributed by atoms with Gasteiger partial charge in [-0.25, -0.2) is 18.9 Å². The van der Waals surface area contributed by atoms with Crippen molar-refractivity contribution in [3.8, 4) is 11.4 Å². The topological polar surface area (TPSA) is 362 Å². The first kappa shape index (κ1) is 67.3. The molecule has 484 valence electrons. The summed E-state index contributed by atoms with van der Waals surface area (Å²) >= 11 is 0. The standard InChI is InChI=1S/C61H77FN12O16/c1-6-61(84)42-23-47-56-40(29-74(47)58(82)41(42)32-90-59(61)83)55-44(13-12-39-36(2)43(62)24-45(70-56)54(39)55)68-53(80)33-89-35-67-50(77)26-65-57(81)46(22-37-10-8-7-9-11-37)69-51(78)27-64-49(76)25-63-48(75)14-15-85-16-17-86-18-19-87-20-21-88-31-38-28-73(72-71-38)30-52(79)66-34-60(3,4)5/h7-11,23-24,28,44,46,84H,6,12-22,25-27,29-35H2,1-5H3,(H,63,75)(H,64,76)(H,65,81)(H,66,79)(H,67,77)(H,68,80)(H,69,78)/t44-,46-,61-/m0/s1. The van der Waals surface area contributed by atoms with Crippen molar-refractivity contribution in [2.45, 2.75) is 111 Å². The third kappa shape index (κ3) is 17.8. The van der Waals surface area contributed by atoms with Crippen LogP contribution >= 0.6 is 0 Å². The Bertz CT molecular complexity index is 3520. The van der Waals surface area contributed by atoms with E-state index in [-0.39, 0.29) is 87.8 Å². The van der Waals surface area contributed by atoms with E-state index in [0.29, 0.717) is 96.1 Å². The number of rotatable bonds is 33. The number of benzene rings is 2. The molecule has 0 saturated heterocycles. The van der Waals surface area contributed by atoms with E-state index in [1.807, 2.05) is 20.8 Å². The zero-order valence-electron chi connectivity index (χ0n) is 51.0. The lowest BCUT2D eigenvalue weighted by molar-refractivity contribution is -0.172. The zero-order valence-corrected chi connectivity index (χ0v) is 51.0. The third-order valence-corrected chi connectivity index (χ3v) is 15.1. The summed E-state index contributed by atoms with van der Waals surface area (Å²) in [6.45, 7) is 9.34. The first-order valence-corrected chi connectivity index (χ1v) is 29.7. The molecule has 3 aliphatic rings. The number of pyridine rings is 2. The minimum absolute atomic E-state index is 0.0244. The summed E-state index contributed by atoms with van der Waals surface area (Å²) in [7, 11) is 0. The molecule has 0 saturated carbocycles. The molecule has 1 aliphatic carbocycles. The maximum atomic E-state index is 15.4. The molecule has 0 unspecified atom stereocenters. The number of hydrogen-bond acceptors (Lipinski definition) is 19. The summed E-state index contributed by atoms with van der Waals surface area (Å²) in [5, 5.41) is 38.3. The van der Waals surface area contributed by atoms with Crippen LogP contribution in [0.2, 0.25) is 0 Å². The van der Waals surface area contributed by atoms with Gasteiger partial charge in [0.1, 0.15) is 44.0 Å². The molecule has 3 aromatic heterocycles. The highest BCUT2D eigenvalue weighted by Crippen LogP contribution is 2.46. The number of nitrogens with zero attached hydrogens (tertiary/aromatic N) is 5. The molecule has 8 N–H and O–H groups in total. The van der Waals surface area contributed by atoms with E-state index in [1.54, 1.807) is 56.4 Å². The van der Waals surface area contributed by atoms with Gasteiger partial charge < -0.3 is 75.3 Å². The predicted octanol–water partition coefficient (Wildman–Crippen LogP) is 0.208. The second kappa shape index (κ2) is 31.2. The SMILES string of the molecule is CC[C@@]1(O)C(=O)OCc2c1cc1n(c2=O)Cc2c-1nc1cc(F)c(C)c3c1c2[C@@H](NC(=O)COCNC(=O)CNC(=O)[C@H](Cc1ccccc1)NC(=O)CNC(=O)CNC(=O)CCOCCOCCOCCOCc1cn(CC(=O)NCC(C)(C)C)nn1)CC3. The number of hydrogen-bond donors (Lipinski definition) is 8. The lowest BCUT2D eigenvalue weighted by Gasteiger charge is -2.31. The minimum Gasteiger partial charge on any atom is -0.458 e. The number of halogens is 1. The second-order valence-electron chi connectivity index (χ2n) is 23.0. The number of carbonyl (C=O) groups is 8. The number of esters is 1. The van der Waals surface area contributed by atoms with Gasteiger partial charge in [-0.3, -0.25) is 38.4 Å². The van der Waals surface area contributed by atoms with Gasteiger partial charge in [-0.15, -0.1) is 5.10 Å². The Morgan fingerprint density at radius 1 is 0.800 bits per heavy atom. The summed E-state index contributed by atoms with van der Waals surface area (Å²) in [6, 6.07) is 9.83. The molecule has 2 aromatic carbocycles. The number of amides is 7. The van der Waals surface area contributed by atoms with E-state index in [0.717, 1.165) is 5.56 Å². The molecule has 28 nitrogen and oxygen atoms in total. The van der Waals surface area contributed by atoms with Gasteiger partial charge in [0, 0.05) is 42.0 Å². The second-order valence-corrected chi connectivity index (χ2v) is 23.0. The molecule has 8 rings (SSSR count). The summed E-state index contributed by atoms with van der Waals surface area (Å²) in [6.07, 6.45) is 2.35. The maximum absolute atomic E-state index is 15.4. The van der Waals surface area contributed by atoms with Gasteiger partial charge in [0.05, 0.1) is 114 Å². The van der Waals surface area contributed by atoms with Crippen LogP contribution in [0.3, 0.4) is 0 Å². The van der Waals surface area contributed by atoms with E-state index < -0.39 is 103 Å². The number of fused-ring (bicyclic) bond motifs is 5. The lowest BCUT2D eigenvalue weighted by atomic mass is 9.81. The number of aliphatic hydroxyl groups is 1. The quantitative estimate of drug-likeness (QED) is 0.0155. The van der Waals surface area contributed by atoms with Gasteiger partial charge in [0.2, 0.25) is 41.4 Å². The maximum Gasteiger partial charge on any atom is 0.343 e. The van der Waals surface area contributed by atoms with E-state index in [9.17, 15) is 48.3 Å². The summed E-state index contributed by atoms with van der Waals surface area (Å²) in [4.78, 5) is 121. The normalized spacial score (nSPS) is 15.8. The van der Waals surface area contributed by atoms with Crippen LogP contribution in [0.1, 0.15) is 97.6 Å². The van der Waals surface area contributed by atoms with Crippen LogP contribution < -0.4 is 42.8 Å².